The van der Waals surface area contributed by atoms with Crippen molar-refractivity contribution in [3.05, 3.63) is 47.0 Å². The van der Waals surface area contributed by atoms with E-state index in [0.717, 1.165) is 17.5 Å². The third-order valence-corrected chi connectivity index (χ3v) is 7.37. The number of piperidine rings is 1. The molecule has 1 aromatic carbocycles. The summed E-state index contributed by atoms with van der Waals surface area (Å²) in [6, 6.07) is 8.88. The van der Waals surface area contributed by atoms with Gasteiger partial charge < -0.3 is 25.0 Å². The number of hydrogen-bond donors (Lipinski definition) is 3. The number of rotatable bonds is 9. The van der Waals surface area contributed by atoms with Gasteiger partial charge in [-0.1, -0.05) is 29.8 Å². The number of alkyl carbamates (subject to hydrolysis) is 1. The Kier molecular flexibility index (Phi) is 10.1. The number of nitrogens with one attached hydrogen (secondary N) is 1. The van der Waals surface area contributed by atoms with Crippen molar-refractivity contribution in [1.82, 2.24) is 15.1 Å². The summed E-state index contributed by atoms with van der Waals surface area (Å²) in [5, 5.41) is 31.7. The van der Waals surface area contributed by atoms with Gasteiger partial charge in [-0.2, -0.15) is 5.26 Å². The molecular formula is C27H37BF2N4O5. The first-order valence-corrected chi connectivity index (χ1v) is 13.2. The van der Waals surface area contributed by atoms with Gasteiger partial charge in [-0.15, -0.1) is 0 Å². The first-order valence-electron chi connectivity index (χ1n) is 13.2. The second kappa shape index (κ2) is 12.9. The molecular weight excluding hydrogens is 509 g/mol. The zero-order valence-electron chi connectivity index (χ0n) is 22.7. The van der Waals surface area contributed by atoms with Crippen molar-refractivity contribution in [1.29, 1.82) is 5.26 Å². The summed E-state index contributed by atoms with van der Waals surface area (Å²) < 4.78 is 32.9. The van der Waals surface area contributed by atoms with Crippen LogP contribution in [0.2, 0.25) is 0 Å². The number of halogens is 2. The number of benzene rings is 1. The Bertz CT molecular complexity index is 1090. The largest absolute Gasteiger partial charge is 0.475 e. The molecule has 9 nitrogen and oxygen atoms in total. The van der Waals surface area contributed by atoms with Crippen LogP contribution in [0.15, 0.2) is 35.9 Å². The van der Waals surface area contributed by atoms with E-state index >= 15 is 0 Å². The number of nitriles is 1. The van der Waals surface area contributed by atoms with E-state index in [9.17, 15) is 33.7 Å². The molecule has 3 rings (SSSR count). The van der Waals surface area contributed by atoms with Gasteiger partial charge in [-0.3, -0.25) is 9.69 Å². The van der Waals surface area contributed by atoms with Crippen molar-refractivity contribution in [3.8, 4) is 6.07 Å². The third-order valence-electron chi connectivity index (χ3n) is 7.37. The smallest absolute Gasteiger partial charge is 0.447 e. The summed E-state index contributed by atoms with van der Waals surface area (Å²) in [4.78, 5) is 28.9. The van der Waals surface area contributed by atoms with Crippen molar-refractivity contribution in [3.63, 3.8) is 0 Å². The van der Waals surface area contributed by atoms with E-state index < -0.39 is 49.1 Å². The summed E-state index contributed by atoms with van der Waals surface area (Å²) in [6.07, 6.45) is 2.55. The Morgan fingerprint density at radius 1 is 1.28 bits per heavy atom. The van der Waals surface area contributed by atoms with E-state index in [1.54, 1.807) is 18.7 Å². The highest BCUT2D eigenvalue weighted by Gasteiger charge is 2.43. The molecule has 2 aliphatic rings. The van der Waals surface area contributed by atoms with Gasteiger partial charge in [0.25, 0.3) is 11.8 Å². The lowest BCUT2D eigenvalue weighted by atomic mass is 9.76. The number of aryl methyl sites for hydroxylation is 1. The molecule has 0 saturated carbocycles. The summed E-state index contributed by atoms with van der Waals surface area (Å²) >= 11 is 0. The zero-order chi connectivity index (χ0) is 28.8. The van der Waals surface area contributed by atoms with Gasteiger partial charge in [-0.05, 0) is 58.1 Å². The maximum Gasteiger partial charge on any atom is 0.475 e. The molecule has 0 bridgehead atoms. The Balaban J connectivity index is 1.62. The number of likely N-dealkylation sites (tertiary alicyclic amines) is 2. The lowest BCUT2D eigenvalue weighted by Gasteiger charge is -2.36. The summed E-state index contributed by atoms with van der Waals surface area (Å²) in [6.45, 7) is 5.27. The van der Waals surface area contributed by atoms with Crippen LogP contribution in [-0.2, 0) is 16.0 Å². The van der Waals surface area contributed by atoms with Gasteiger partial charge >= 0.3 is 13.2 Å². The predicted molar refractivity (Wildman–Crippen MR) is 142 cm³/mol. The molecule has 2 aliphatic heterocycles. The number of ether oxygens (including phenoxy) is 1. The van der Waals surface area contributed by atoms with Crippen LogP contribution in [0.5, 0.6) is 0 Å². The normalized spacial score (nSPS) is 20.7. The molecule has 3 N–H and O–H groups in total. The molecule has 0 aliphatic carbocycles. The highest BCUT2D eigenvalue weighted by Crippen LogP contribution is 2.33. The fourth-order valence-corrected chi connectivity index (χ4v) is 4.98. The summed E-state index contributed by atoms with van der Waals surface area (Å²) in [5.41, 5.74) is 0.779. The van der Waals surface area contributed by atoms with Crippen LogP contribution in [-0.4, -0.2) is 88.7 Å². The minimum absolute atomic E-state index is 0.142. The first kappa shape index (κ1) is 30.5. The van der Waals surface area contributed by atoms with Crippen LogP contribution >= 0.6 is 0 Å². The Morgan fingerprint density at radius 3 is 2.56 bits per heavy atom. The number of carbonyl (C=O) groups is 2. The molecule has 0 radical (unpaired) electrons. The van der Waals surface area contributed by atoms with Gasteiger partial charge in [0.2, 0.25) is 0 Å². The second-order valence-corrected chi connectivity index (χ2v) is 11.0. The molecule has 39 heavy (non-hydrogen) atoms. The minimum atomic E-state index is -2.80. The van der Waals surface area contributed by atoms with Crippen molar-refractivity contribution in [2.24, 2.45) is 0 Å². The van der Waals surface area contributed by atoms with Crippen LogP contribution in [0, 0.1) is 18.3 Å². The Hall–Kier alpha value is -3.01. The van der Waals surface area contributed by atoms with Crippen LogP contribution in [0.4, 0.5) is 13.6 Å². The van der Waals surface area contributed by atoms with E-state index in [2.05, 4.69) is 5.32 Å². The second-order valence-electron chi connectivity index (χ2n) is 11.0. The van der Waals surface area contributed by atoms with E-state index in [4.69, 9.17) is 4.74 Å². The lowest BCUT2D eigenvalue weighted by Crippen LogP contribution is -2.50. The molecule has 1 unspecified atom stereocenters. The molecule has 0 aromatic heterocycles. The fraction of sp³-hybridized carbons (Fsp3) is 0.593. The number of carbonyl (C=O) groups excluding carboxylic acids is 2. The van der Waals surface area contributed by atoms with Crippen LogP contribution in [0.25, 0.3) is 0 Å². The topological polar surface area (TPSA) is 126 Å². The molecule has 12 heteroatoms. The Labute approximate surface area is 228 Å². The standard InChI is InChI=1S/C27H37BF2N4O5/c1-19-7-9-20(10-8-19)14-23(28(37)38)32-25(36)39-17-22-6-4-5-12-34(22)24(35)21(16-31)15-26(2,3)33-13-11-27(29,30)18-33/h7-10,15,22-23,37-38H,4-6,11-14,17-18H2,1-3H3,(H,32,36)/t22-,23?/m1/s1. The molecule has 0 spiro atoms. The zero-order valence-corrected chi connectivity index (χ0v) is 22.7. The molecule has 1 aromatic rings. The first-order chi connectivity index (χ1) is 18.3. The highest BCUT2D eigenvalue weighted by molar-refractivity contribution is 6.43. The van der Waals surface area contributed by atoms with Crippen LogP contribution < -0.4 is 5.32 Å². The quantitative estimate of drug-likeness (QED) is 0.247. The third kappa shape index (κ3) is 8.49. The number of nitrogens with zero attached hydrogens (tertiary/aromatic N) is 3. The molecule has 212 valence electrons. The number of alkyl halides is 2. The van der Waals surface area contributed by atoms with Gasteiger partial charge in [-0.25, -0.2) is 13.6 Å². The maximum absolute atomic E-state index is 13.8. The van der Waals surface area contributed by atoms with Gasteiger partial charge in [0.15, 0.2) is 0 Å². The number of hydrogen-bond acceptors (Lipinski definition) is 7. The van der Waals surface area contributed by atoms with Crippen molar-refractivity contribution < 1.29 is 33.2 Å². The molecule has 2 heterocycles. The van der Waals surface area contributed by atoms with E-state index in [1.807, 2.05) is 37.3 Å². The van der Waals surface area contributed by atoms with Gasteiger partial charge in [0.05, 0.1) is 18.5 Å². The fourth-order valence-electron chi connectivity index (χ4n) is 4.98. The molecule has 2 atom stereocenters. The molecule has 2 fully saturated rings. The Morgan fingerprint density at radius 2 is 1.97 bits per heavy atom. The van der Waals surface area contributed by atoms with Crippen molar-refractivity contribution >= 4 is 19.1 Å². The van der Waals surface area contributed by atoms with Crippen molar-refractivity contribution in [2.45, 2.75) is 76.3 Å². The minimum Gasteiger partial charge on any atom is -0.447 e. The highest BCUT2D eigenvalue weighted by atomic mass is 19.3. The van der Waals surface area contributed by atoms with Gasteiger partial charge in [0.1, 0.15) is 18.2 Å². The number of amides is 2. The van der Waals surface area contributed by atoms with Crippen LogP contribution in [0.1, 0.15) is 50.7 Å². The van der Waals surface area contributed by atoms with E-state index in [-0.39, 0.29) is 31.6 Å². The predicted octanol–water partition coefficient (Wildman–Crippen LogP) is 2.60. The SMILES string of the molecule is Cc1ccc(CC(NC(=O)OC[C@H]2CCCCN2C(=O)C(C#N)=CC(C)(C)N2CCC(F)(F)C2)B(O)O)cc1. The van der Waals surface area contributed by atoms with Crippen molar-refractivity contribution in [2.75, 3.05) is 26.2 Å². The average molecular weight is 546 g/mol. The van der Waals surface area contributed by atoms with E-state index in [1.165, 1.54) is 11.0 Å². The van der Waals surface area contributed by atoms with Gasteiger partial charge in [0, 0.05) is 25.0 Å². The monoisotopic (exact) mass is 546 g/mol. The summed E-state index contributed by atoms with van der Waals surface area (Å²) in [5.74, 6) is -4.34. The summed E-state index contributed by atoms with van der Waals surface area (Å²) in [7, 11) is -1.81. The van der Waals surface area contributed by atoms with E-state index in [0.29, 0.717) is 19.4 Å². The average Bonchev–Trinajstić information content (AvgIpc) is 3.27. The maximum atomic E-state index is 13.8. The lowest BCUT2D eigenvalue weighted by molar-refractivity contribution is -0.131. The molecule has 2 saturated heterocycles. The van der Waals surface area contributed by atoms with Crippen LogP contribution in [0.3, 0.4) is 0 Å². The molecule has 2 amide bonds.